The molecule has 0 spiro atoms. The van der Waals surface area contributed by atoms with Crippen molar-refractivity contribution in [2.75, 3.05) is 13.2 Å². The zero-order valence-electron chi connectivity index (χ0n) is 13.7. The molecule has 1 aromatic carbocycles. The van der Waals surface area contributed by atoms with E-state index >= 15 is 0 Å². The summed E-state index contributed by atoms with van der Waals surface area (Å²) in [5.74, 6) is 0.169. The highest BCUT2D eigenvalue weighted by molar-refractivity contribution is 7.80. The van der Waals surface area contributed by atoms with Crippen LogP contribution in [0.3, 0.4) is 0 Å². The smallest absolute Gasteiger partial charge is 0.265 e. The minimum absolute atomic E-state index is 0.0338. The Bertz CT molecular complexity index is 710. The van der Waals surface area contributed by atoms with Crippen molar-refractivity contribution in [3.63, 3.8) is 0 Å². The van der Waals surface area contributed by atoms with Gasteiger partial charge in [-0.15, -0.1) is 6.58 Å². The van der Waals surface area contributed by atoms with Crippen LogP contribution < -0.4 is 10.1 Å². The van der Waals surface area contributed by atoms with Crippen molar-refractivity contribution in [3.8, 4) is 5.75 Å². The first-order valence-electron chi connectivity index (χ1n) is 7.65. The highest BCUT2D eigenvalue weighted by atomic mass is 32.1. The number of carbonyl (C=O) groups excluding carboxylic acids is 2. The van der Waals surface area contributed by atoms with Gasteiger partial charge in [0, 0.05) is 6.54 Å². The first-order valence-corrected chi connectivity index (χ1v) is 8.06. The van der Waals surface area contributed by atoms with Crippen LogP contribution in [0, 0.1) is 5.92 Å². The molecule has 24 heavy (non-hydrogen) atoms. The normalized spacial score (nSPS) is 16.5. The van der Waals surface area contributed by atoms with Crippen molar-refractivity contribution in [1.82, 2.24) is 10.2 Å². The summed E-state index contributed by atoms with van der Waals surface area (Å²) in [6.07, 6.45) is 3.09. The van der Waals surface area contributed by atoms with Gasteiger partial charge in [0.1, 0.15) is 11.3 Å². The van der Waals surface area contributed by atoms with Gasteiger partial charge >= 0.3 is 0 Å². The fourth-order valence-corrected chi connectivity index (χ4v) is 2.36. The van der Waals surface area contributed by atoms with Crippen LogP contribution >= 0.6 is 12.2 Å². The average molecular weight is 344 g/mol. The SMILES string of the molecule is C=CCN1C(=O)/C(=C/c2cccc(OCC(C)C)c2)C(=O)NC1=S. The van der Waals surface area contributed by atoms with Gasteiger partial charge < -0.3 is 4.74 Å². The Labute approximate surface area is 147 Å². The summed E-state index contributed by atoms with van der Waals surface area (Å²) < 4.78 is 5.67. The lowest BCUT2D eigenvalue weighted by Gasteiger charge is -2.27. The zero-order valence-corrected chi connectivity index (χ0v) is 14.6. The molecule has 1 heterocycles. The summed E-state index contributed by atoms with van der Waals surface area (Å²) in [5.41, 5.74) is 0.743. The van der Waals surface area contributed by atoms with Gasteiger partial charge in [-0.2, -0.15) is 0 Å². The Morgan fingerprint density at radius 3 is 2.79 bits per heavy atom. The van der Waals surface area contributed by atoms with Crippen LogP contribution in [-0.2, 0) is 9.59 Å². The van der Waals surface area contributed by atoms with Crippen molar-refractivity contribution >= 4 is 35.2 Å². The lowest BCUT2D eigenvalue weighted by molar-refractivity contribution is -0.128. The molecule has 0 saturated carbocycles. The van der Waals surface area contributed by atoms with Crippen molar-refractivity contribution in [2.24, 2.45) is 5.92 Å². The zero-order chi connectivity index (χ0) is 17.7. The van der Waals surface area contributed by atoms with Gasteiger partial charge in [0.2, 0.25) is 0 Å². The van der Waals surface area contributed by atoms with Crippen molar-refractivity contribution in [2.45, 2.75) is 13.8 Å². The maximum absolute atomic E-state index is 12.5. The van der Waals surface area contributed by atoms with E-state index in [1.54, 1.807) is 18.2 Å². The molecule has 1 fully saturated rings. The topological polar surface area (TPSA) is 58.6 Å². The molecule has 1 aliphatic heterocycles. The molecular weight excluding hydrogens is 324 g/mol. The third-order valence-corrected chi connectivity index (χ3v) is 3.57. The first kappa shape index (κ1) is 17.9. The van der Waals surface area contributed by atoms with Gasteiger partial charge in [-0.1, -0.05) is 32.1 Å². The molecule has 0 radical (unpaired) electrons. The Hall–Kier alpha value is -2.47. The molecule has 0 atom stereocenters. The Kier molecular flexibility index (Phi) is 5.87. The van der Waals surface area contributed by atoms with Crippen molar-refractivity contribution in [1.29, 1.82) is 0 Å². The number of rotatable bonds is 6. The molecular formula is C18H20N2O3S. The van der Waals surface area contributed by atoms with E-state index in [0.717, 1.165) is 0 Å². The number of nitrogens with one attached hydrogen (secondary N) is 1. The van der Waals surface area contributed by atoms with E-state index in [1.807, 2.05) is 12.1 Å². The Morgan fingerprint density at radius 2 is 2.12 bits per heavy atom. The standard InChI is InChI=1S/C18H20N2O3S/c1-4-8-20-17(22)15(16(21)19-18(20)24)10-13-6-5-7-14(9-13)23-11-12(2)3/h4-7,9-10,12H,1,8,11H2,2-3H3,(H,19,21,24)/b15-10+. The highest BCUT2D eigenvalue weighted by Gasteiger charge is 2.32. The molecule has 5 nitrogen and oxygen atoms in total. The molecule has 6 heteroatoms. The lowest BCUT2D eigenvalue weighted by atomic mass is 10.1. The predicted octanol–water partition coefficient (Wildman–Crippen LogP) is 2.53. The van der Waals surface area contributed by atoms with Gasteiger partial charge in [0.15, 0.2) is 5.11 Å². The van der Waals surface area contributed by atoms with Crippen LogP contribution in [-0.4, -0.2) is 35.0 Å². The minimum atomic E-state index is -0.501. The molecule has 2 rings (SSSR count). The number of carbonyl (C=O) groups is 2. The van der Waals surface area contributed by atoms with Crippen LogP contribution in [0.25, 0.3) is 6.08 Å². The van der Waals surface area contributed by atoms with E-state index in [4.69, 9.17) is 17.0 Å². The number of amides is 2. The molecule has 2 amide bonds. The number of ether oxygens (including phenoxy) is 1. The molecule has 0 unspecified atom stereocenters. The van der Waals surface area contributed by atoms with E-state index in [2.05, 4.69) is 25.7 Å². The first-order chi connectivity index (χ1) is 11.4. The summed E-state index contributed by atoms with van der Waals surface area (Å²) >= 11 is 5.02. The second-order valence-electron chi connectivity index (χ2n) is 5.80. The Balaban J connectivity index is 2.26. The van der Waals surface area contributed by atoms with Crippen LogP contribution in [0.15, 0.2) is 42.5 Å². The van der Waals surface area contributed by atoms with Gasteiger partial charge in [0.25, 0.3) is 11.8 Å². The van der Waals surface area contributed by atoms with Gasteiger partial charge in [-0.25, -0.2) is 0 Å². The predicted molar refractivity (Wildman–Crippen MR) is 97.4 cm³/mol. The molecule has 0 aliphatic carbocycles. The van der Waals surface area contributed by atoms with Crippen molar-refractivity contribution in [3.05, 3.63) is 48.1 Å². The second kappa shape index (κ2) is 7.88. The number of thiocarbonyl (C=S) groups is 1. The fourth-order valence-electron chi connectivity index (χ4n) is 2.11. The third kappa shape index (κ3) is 4.29. The van der Waals surface area contributed by atoms with E-state index in [0.29, 0.717) is 23.8 Å². The molecule has 1 aliphatic rings. The summed E-state index contributed by atoms with van der Waals surface area (Å²) in [4.78, 5) is 25.9. The summed E-state index contributed by atoms with van der Waals surface area (Å²) in [6, 6.07) is 7.26. The van der Waals surface area contributed by atoms with Crippen molar-refractivity contribution < 1.29 is 14.3 Å². The molecule has 1 N–H and O–H groups in total. The molecule has 0 aromatic heterocycles. The van der Waals surface area contributed by atoms with Crippen LogP contribution in [0.4, 0.5) is 0 Å². The largest absolute Gasteiger partial charge is 0.493 e. The number of hydrogen-bond acceptors (Lipinski definition) is 4. The van der Waals surface area contributed by atoms with E-state index in [1.165, 1.54) is 11.0 Å². The number of nitrogens with zero attached hydrogens (tertiary/aromatic N) is 1. The quantitative estimate of drug-likeness (QED) is 0.373. The van der Waals surface area contributed by atoms with Crippen LogP contribution in [0.5, 0.6) is 5.75 Å². The van der Waals surface area contributed by atoms with Crippen LogP contribution in [0.2, 0.25) is 0 Å². The summed E-state index contributed by atoms with van der Waals surface area (Å²) in [7, 11) is 0. The Morgan fingerprint density at radius 1 is 1.38 bits per heavy atom. The van der Waals surface area contributed by atoms with Gasteiger partial charge in [-0.3, -0.25) is 19.8 Å². The monoisotopic (exact) mass is 344 g/mol. The maximum atomic E-state index is 12.5. The lowest BCUT2D eigenvalue weighted by Crippen LogP contribution is -2.53. The number of hydrogen-bond donors (Lipinski definition) is 1. The van der Waals surface area contributed by atoms with Gasteiger partial charge in [-0.05, 0) is 41.9 Å². The highest BCUT2D eigenvalue weighted by Crippen LogP contribution is 2.19. The molecule has 1 aromatic rings. The van der Waals surface area contributed by atoms with E-state index in [-0.39, 0.29) is 17.2 Å². The van der Waals surface area contributed by atoms with Gasteiger partial charge in [0.05, 0.1) is 6.61 Å². The summed E-state index contributed by atoms with van der Waals surface area (Å²) in [5, 5.41) is 2.61. The van der Waals surface area contributed by atoms with E-state index in [9.17, 15) is 9.59 Å². The summed E-state index contributed by atoms with van der Waals surface area (Å²) in [6.45, 7) is 8.56. The molecule has 0 bridgehead atoms. The fraction of sp³-hybridized carbons (Fsp3) is 0.278. The number of benzene rings is 1. The molecule has 126 valence electrons. The minimum Gasteiger partial charge on any atom is -0.493 e. The second-order valence-corrected chi connectivity index (χ2v) is 6.19. The maximum Gasteiger partial charge on any atom is 0.265 e. The van der Waals surface area contributed by atoms with E-state index < -0.39 is 11.8 Å². The third-order valence-electron chi connectivity index (χ3n) is 3.25. The molecule has 1 saturated heterocycles. The average Bonchev–Trinajstić information content (AvgIpc) is 2.54. The van der Waals surface area contributed by atoms with Crippen LogP contribution in [0.1, 0.15) is 19.4 Å².